The minimum absolute atomic E-state index is 0.480. The maximum Gasteiger partial charge on any atom is 0.00670 e. The zero-order valence-corrected chi connectivity index (χ0v) is 7.55. The molecule has 0 saturated heterocycles. The Morgan fingerprint density at radius 1 is 1.45 bits per heavy atom. The average Bonchev–Trinajstić information content (AvgIpc) is 2.07. The van der Waals surface area contributed by atoms with Crippen molar-refractivity contribution in [3.63, 3.8) is 0 Å². The highest BCUT2D eigenvalue weighted by molar-refractivity contribution is 4.82. The minimum atomic E-state index is 0.480. The summed E-state index contributed by atoms with van der Waals surface area (Å²) in [4.78, 5) is 0. The molecule has 1 nitrogen and oxygen atoms in total. The van der Waals surface area contributed by atoms with Crippen molar-refractivity contribution in [3.8, 4) is 0 Å². The first-order valence-corrected chi connectivity index (χ1v) is 4.92. The van der Waals surface area contributed by atoms with Crippen LogP contribution in [0.3, 0.4) is 0 Å². The lowest BCUT2D eigenvalue weighted by molar-refractivity contribution is 0.323. The van der Waals surface area contributed by atoms with Gasteiger partial charge in [-0.3, -0.25) is 0 Å². The van der Waals surface area contributed by atoms with Gasteiger partial charge in [0.15, 0.2) is 0 Å². The van der Waals surface area contributed by atoms with Crippen molar-refractivity contribution >= 4 is 0 Å². The Labute approximate surface area is 70.4 Å². The fourth-order valence-electron chi connectivity index (χ4n) is 1.95. The van der Waals surface area contributed by atoms with Crippen LogP contribution < -0.4 is 5.73 Å². The molecular weight excluding hydrogens is 134 g/mol. The van der Waals surface area contributed by atoms with Crippen LogP contribution in [-0.4, -0.2) is 6.04 Å². The van der Waals surface area contributed by atoms with E-state index in [9.17, 15) is 0 Å². The molecule has 1 aliphatic rings. The summed E-state index contributed by atoms with van der Waals surface area (Å²) in [5.41, 5.74) is 6.05. The lowest BCUT2D eigenvalue weighted by Crippen LogP contribution is -2.31. The number of rotatable bonds is 3. The fourth-order valence-corrected chi connectivity index (χ4v) is 1.95. The molecule has 0 aromatic heterocycles. The molecule has 65 valence electrons. The topological polar surface area (TPSA) is 26.0 Å². The maximum atomic E-state index is 6.05. The summed E-state index contributed by atoms with van der Waals surface area (Å²) in [6.07, 6.45) is 10.1. The summed E-state index contributed by atoms with van der Waals surface area (Å²) >= 11 is 0. The van der Waals surface area contributed by atoms with Gasteiger partial charge in [-0.25, -0.2) is 0 Å². The average molecular weight is 154 g/mol. The molecule has 2 N–H and O–H groups in total. The lowest BCUT2D eigenvalue weighted by Gasteiger charge is -2.26. The first kappa shape index (κ1) is 9.05. The van der Waals surface area contributed by atoms with Crippen molar-refractivity contribution in [2.24, 2.45) is 11.7 Å². The zero-order chi connectivity index (χ0) is 8.10. The van der Waals surface area contributed by atoms with E-state index in [0.717, 1.165) is 5.92 Å². The van der Waals surface area contributed by atoms with E-state index in [4.69, 9.17) is 5.73 Å². The molecule has 0 amide bonds. The van der Waals surface area contributed by atoms with Crippen LogP contribution >= 0.6 is 0 Å². The van der Waals surface area contributed by atoms with Gasteiger partial charge in [-0.05, 0) is 44.4 Å². The zero-order valence-electron chi connectivity index (χ0n) is 7.55. The summed E-state index contributed by atoms with van der Waals surface area (Å²) < 4.78 is 0. The van der Waals surface area contributed by atoms with Crippen LogP contribution in [0.25, 0.3) is 0 Å². The fraction of sp³-hybridized carbons (Fsp3) is 0.900. The van der Waals surface area contributed by atoms with Crippen molar-refractivity contribution in [2.45, 2.75) is 51.5 Å². The molecule has 1 aliphatic carbocycles. The normalized spacial score (nSPS) is 23.5. The van der Waals surface area contributed by atoms with E-state index in [0.29, 0.717) is 6.04 Å². The van der Waals surface area contributed by atoms with E-state index in [1.807, 2.05) is 0 Å². The second-order valence-corrected chi connectivity index (χ2v) is 3.66. The van der Waals surface area contributed by atoms with Gasteiger partial charge in [0.25, 0.3) is 0 Å². The summed E-state index contributed by atoms with van der Waals surface area (Å²) in [5.74, 6) is 0.819. The summed E-state index contributed by atoms with van der Waals surface area (Å²) in [5, 5.41) is 0. The van der Waals surface area contributed by atoms with Crippen LogP contribution in [0.1, 0.15) is 45.4 Å². The summed E-state index contributed by atoms with van der Waals surface area (Å²) in [7, 11) is 0. The molecule has 0 aliphatic heterocycles. The monoisotopic (exact) mass is 154 g/mol. The van der Waals surface area contributed by atoms with Gasteiger partial charge in [-0.2, -0.15) is 0 Å². The molecule has 0 spiro atoms. The highest BCUT2D eigenvalue weighted by Gasteiger charge is 2.19. The van der Waals surface area contributed by atoms with Crippen LogP contribution in [0.15, 0.2) is 0 Å². The van der Waals surface area contributed by atoms with Gasteiger partial charge in [0, 0.05) is 6.04 Å². The van der Waals surface area contributed by atoms with E-state index in [1.54, 1.807) is 0 Å². The van der Waals surface area contributed by atoms with Crippen molar-refractivity contribution in [3.05, 3.63) is 6.42 Å². The quantitative estimate of drug-likeness (QED) is 0.664. The van der Waals surface area contributed by atoms with E-state index in [-0.39, 0.29) is 0 Å². The van der Waals surface area contributed by atoms with Gasteiger partial charge >= 0.3 is 0 Å². The highest BCUT2D eigenvalue weighted by Crippen LogP contribution is 2.26. The van der Waals surface area contributed by atoms with Gasteiger partial charge < -0.3 is 5.73 Å². The standard InChI is InChI=1S/C10H20N/c1-2-6-10(11)9-7-4-3-5-8-9/h3,9-10H,2,4-8,11H2,1H3. The van der Waals surface area contributed by atoms with Crippen molar-refractivity contribution in [1.29, 1.82) is 0 Å². The van der Waals surface area contributed by atoms with E-state index < -0.39 is 0 Å². The van der Waals surface area contributed by atoms with Crippen LogP contribution in [0.5, 0.6) is 0 Å². The van der Waals surface area contributed by atoms with E-state index in [1.165, 1.54) is 38.5 Å². The van der Waals surface area contributed by atoms with Gasteiger partial charge in [0.05, 0.1) is 0 Å². The van der Waals surface area contributed by atoms with Crippen molar-refractivity contribution < 1.29 is 0 Å². The Kier molecular flexibility index (Phi) is 3.92. The van der Waals surface area contributed by atoms with Crippen LogP contribution in [0, 0.1) is 12.3 Å². The molecule has 0 aromatic rings. The minimum Gasteiger partial charge on any atom is -0.327 e. The Morgan fingerprint density at radius 2 is 2.09 bits per heavy atom. The highest BCUT2D eigenvalue weighted by atomic mass is 14.6. The molecule has 0 aromatic carbocycles. The lowest BCUT2D eigenvalue weighted by atomic mass is 9.83. The number of hydrogen-bond donors (Lipinski definition) is 1. The van der Waals surface area contributed by atoms with Crippen LogP contribution in [0.4, 0.5) is 0 Å². The van der Waals surface area contributed by atoms with Gasteiger partial charge in [0.1, 0.15) is 0 Å². The largest absolute Gasteiger partial charge is 0.327 e. The smallest absolute Gasteiger partial charge is 0.00670 e. The van der Waals surface area contributed by atoms with Gasteiger partial charge in [0.2, 0.25) is 0 Å². The SMILES string of the molecule is CCCC(N)C1CC[CH]CC1. The van der Waals surface area contributed by atoms with Crippen LogP contribution in [-0.2, 0) is 0 Å². The molecule has 1 rings (SSSR count). The molecular formula is C10H20N. The van der Waals surface area contributed by atoms with E-state index >= 15 is 0 Å². The predicted molar refractivity (Wildman–Crippen MR) is 49.1 cm³/mol. The molecule has 1 fully saturated rings. The molecule has 11 heavy (non-hydrogen) atoms. The molecule has 0 bridgehead atoms. The van der Waals surface area contributed by atoms with Crippen molar-refractivity contribution in [1.82, 2.24) is 0 Å². The second kappa shape index (κ2) is 4.76. The third kappa shape index (κ3) is 2.82. The van der Waals surface area contributed by atoms with E-state index in [2.05, 4.69) is 13.3 Å². The Hall–Kier alpha value is -0.0400. The van der Waals surface area contributed by atoms with Crippen molar-refractivity contribution in [2.75, 3.05) is 0 Å². The third-order valence-electron chi connectivity index (χ3n) is 2.71. The first-order valence-electron chi connectivity index (χ1n) is 4.92. The molecule has 0 heterocycles. The number of nitrogens with two attached hydrogens (primary N) is 1. The Morgan fingerprint density at radius 3 is 2.64 bits per heavy atom. The maximum absolute atomic E-state index is 6.05. The van der Waals surface area contributed by atoms with Gasteiger partial charge in [-0.1, -0.05) is 13.3 Å². The summed E-state index contributed by atoms with van der Waals surface area (Å²) in [6.45, 7) is 2.22. The third-order valence-corrected chi connectivity index (χ3v) is 2.71. The number of hydrogen-bond acceptors (Lipinski definition) is 1. The second-order valence-electron chi connectivity index (χ2n) is 3.66. The van der Waals surface area contributed by atoms with Crippen LogP contribution in [0.2, 0.25) is 0 Å². The Balaban J connectivity index is 2.21. The molecule has 1 unspecified atom stereocenters. The first-order chi connectivity index (χ1) is 5.34. The predicted octanol–water partition coefficient (Wildman–Crippen LogP) is 2.51. The molecule has 1 saturated carbocycles. The summed E-state index contributed by atoms with van der Waals surface area (Å²) in [6, 6.07) is 0.480. The molecule has 1 atom stereocenters. The molecule has 1 heteroatoms. The molecule has 1 radical (unpaired) electrons. The Bertz CT molecular complexity index is 95.0. The van der Waals surface area contributed by atoms with Gasteiger partial charge in [-0.15, -0.1) is 0 Å².